The van der Waals surface area contributed by atoms with Crippen molar-refractivity contribution in [2.24, 2.45) is 0 Å². The van der Waals surface area contributed by atoms with Gasteiger partial charge in [-0.1, -0.05) is 12.1 Å². The zero-order valence-electron chi connectivity index (χ0n) is 10.0. The van der Waals surface area contributed by atoms with E-state index in [-0.39, 0.29) is 23.7 Å². The van der Waals surface area contributed by atoms with Crippen LogP contribution < -0.4 is 10.5 Å². The van der Waals surface area contributed by atoms with Crippen LogP contribution in [0.15, 0.2) is 42.5 Å². The van der Waals surface area contributed by atoms with E-state index in [0.717, 1.165) is 0 Å². The second kappa shape index (κ2) is 5.30. The molecule has 0 spiro atoms. The van der Waals surface area contributed by atoms with Gasteiger partial charge >= 0.3 is 5.97 Å². The van der Waals surface area contributed by atoms with E-state index >= 15 is 0 Å². The summed E-state index contributed by atoms with van der Waals surface area (Å²) >= 11 is 0. The van der Waals surface area contributed by atoms with Gasteiger partial charge in [-0.05, 0) is 24.3 Å². The number of benzene rings is 2. The number of nitrogen functional groups attached to an aromatic ring is 1. The molecule has 0 heterocycles. The molecular formula is C14H13NO4. The molecule has 5 nitrogen and oxygen atoms in total. The third-order valence-electron chi connectivity index (χ3n) is 2.61. The maximum Gasteiger partial charge on any atom is 0.339 e. The molecule has 0 unspecified atom stereocenters. The number of ether oxygens (including phenoxy) is 1. The molecule has 98 valence electrons. The highest BCUT2D eigenvalue weighted by Gasteiger charge is 2.11. The molecule has 0 bridgehead atoms. The van der Waals surface area contributed by atoms with Crippen LogP contribution >= 0.6 is 0 Å². The lowest BCUT2D eigenvalue weighted by Crippen LogP contribution is -2.03. The summed E-state index contributed by atoms with van der Waals surface area (Å²) < 4.78 is 5.42. The van der Waals surface area contributed by atoms with Crippen molar-refractivity contribution in [3.63, 3.8) is 0 Å². The van der Waals surface area contributed by atoms with E-state index in [4.69, 9.17) is 15.6 Å². The molecule has 2 aromatic rings. The topological polar surface area (TPSA) is 92.8 Å². The van der Waals surface area contributed by atoms with E-state index in [1.54, 1.807) is 30.3 Å². The lowest BCUT2D eigenvalue weighted by atomic mass is 10.2. The fourth-order valence-corrected chi connectivity index (χ4v) is 1.63. The molecule has 0 amide bonds. The van der Waals surface area contributed by atoms with Crippen molar-refractivity contribution in [1.29, 1.82) is 0 Å². The van der Waals surface area contributed by atoms with E-state index in [1.807, 2.05) is 0 Å². The molecule has 0 atom stereocenters. The number of nitrogens with two attached hydrogens (primary N) is 1. The molecule has 0 aliphatic heterocycles. The number of anilines is 1. The van der Waals surface area contributed by atoms with Crippen molar-refractivity contribution in [1.82, 2.24) is 0 Å². The smallest absolute Gasteiger partial charge is 0.339 e. The maximum absolute atomic E-state index is 11.0. The van der Waals surface area contributed by atoms with Gasteiger partial charge in [0.25, 0.3) is 0 Å². The van der Waals surface area contributed by atoms with E-state index in [0.29, 0.717) is 11.3 Å². The third-order valence-corrected chi connectivity index (χ3v) is 2.61. The molecule has 4 N–H and O–H groups in total. The van der Waals surface area contributed by atoms with Gasteiger partial charge < -0.3 is 20.7 Å². The van der Waals surface area contributed by atoms with Crippen LogP contribution in [0.5, 0.6) is 11.5 Å². The van der Waals surface area contributed by atoms with Crippen molar-refractivity contribution in [2.75, 3.05) is 5.73 Å². The minimum absolute atomic E-state index is 0.0211. The van der Waals surface area contributed by atoms with E-state index in [1.165, 1.54) is 12.1 Å². The fraction of sp³-hybridized carbons (Fsp3) is 0.0714. The Bertz CT molecular complexity index is 610. The summed E-state index contributed by atoms with van der Waals surface area (Å²) in [6, 6.07) is 11.0. The second-order valence-corrected chi connectivity index (χ2v) is 3.98. The van der Waals surface area contributed by atoms with Crippen LogP contribution in [0.2, 0.25) is 0 Å². The highest BCUT2D eigenvalue weighted by Crippen LogP contribution is 2.24. The Labute approximate surface area is 109 Å². The Kier molecular flexibility index (Phi) is 3.56. The zero-order chi connectivity index (χ0) is 13.8. The highest BCUT2D eigenvalue weighted by molar-refractivity contribution is 5.90. The molecule has 0 aliphatic rings. The highest BCUT2D eigenvalue weighted by atomic mass is 16.5. The number of carboxylic acids is 1. The number of phenolic OH excluding ortho intramolecular Hbond substituents is 1. The zero-order valence-corrected chi connectivity index (χ0v) is 10.0. The van der Waals surface area contributed by atoms with Gasteiger partial charge in [-0.3, -0.25) is 0 Å². The Morgan fingerprint density at radius 2 is 1.95 bits per heavy atom. The van der Waals surface area contributed by atoms with Crippen molar-refractivity contribution in [2.45, 2.75) is 6.61 Å². The van der Waals surface area contributed by atoms with E-state index in [2.05, 4.69) is 0 Å². The first kappa shape index (κ1) is 12.8. The van der Waals surface area contributed by atoms with Gasteiger partial charge in [0.15, 0.2) is 0 Å². The molecule has 0 aliphatic carbocycles. The van der Waals surface area contributed by atoms with Gasteiger partial charge in [0.05, 0.1) is 0 Å². The number of para-hydroxylation sites is 1. The normalized spacial score (nSPS) is 10.1. The minimum atomic E-state index is -1.06. The van der Waals surface area contributed by atoms with Crippen LogP contribution in [0.1, 0.15) is 15.9 Å². The van der Waals surface area contributed by atoms with Crippen molar-refractivity contribution < 1.29 is 19.7 Å². The Morgan fingerprint density at radius 1 is 1.21 bits per heavy atom. The third kappa shape index (κ3) is 2.95. The number of rotatable bonds is 4. The van der Waals surface area contributed by atoms with Crippen LogP contribution in [-0.4, -0.2) is 16.2 Å². The number of phenols is 1. The summed E-state index contributed by atoms with van der Waals surface area (Å²) in [4.78, 5) is 11.0. The number of carbonyl (C=O) groups is 1. The molecule has 2 rings (SSSR count). The van der Waals surface area contributed by atoms with Crippen LogP contribution in [0.3, 0.4) is 0 Å². The van der Waals surface area contributed by atoms with Gasteiger partial charge in [0.2, 0.25) is 0 Å². The van der Waals surface area contributed by atoms with Crippen molar-refractivity contribution >= 4 is 11.7 Å². The monoisotopic (exact) mass is 259 g/mol. The van der Waals surface area contributed by atoms with Crippen molar-refractivity contribution in [3.05, 3.63) is 53.6 Å². The molecule has 0 fully saturated rings. The van der Waals surface area contributed by atoms with Gasteiger partial charge in [0, 0.05) is 17.3 Å². The first-order valence-corrected chi connectivity index (χ1v) is 5.60. The van der Waals surface area contributed by atoms with Gasteiger partial charge in [-0.25, -0.2) is 4.79 Å². The number of carboxylic acid groups (broad SMARTS) is 1. The lowest BCUT2D eigenvalue weighted by molar-refractivity contribution is 0.0692. The second-order valence-electron chi connectivity index (χ2n) is 3.98. The van der Waals surface area contributed by atoms with Gasteiger partial charge in [-0.15, -0.1) is 0 Å². The van der Waals surface area contributed by atoms with Crippen LogP contribution in [0.25, 0.3) is 0 Å². The van der Waals surface area contributed by atoms with Crippen LogP contribution in [-0.2, 0) is 6.61 Å². The number of aromatic hydroxyl groups is 1. The molecule has 0 saturated heterocycles. The Hall–Kier alpha value is -2.69. The predicted octanol–water partition coefficient (Wildman–Crippen LogP) is 2.25. The first-order valence-electron chi connectivity index (χ1n) is 5.60. The first-order chi connectivity index (χ1) is 9.08. The van der Waals surface area contributed by atoms with Crippen LogP contribution in [0, 0.1) is 0 Å². The quantitative estimate of drug-likeness (QED) is 0.732. The summed E-state index contributed by atoms with van der Waals surface area (Å²) in [5.41, 5.74) is 6.59. The summed E-state index contributed by atoms with van der Waals surface area (Å²) in [5.74, 6) is -0.781. The summed E-state index contributed by atoms with van der Waals surface area (Å²) in [5, 5.41) is 18.7. The summed E-state index contributed by atoms with van der Waals surface area (Å²) in [6.07, 6.45) is 0. The fourth-order valence-electron chi connectivity index (χ4n) is 1.63. The molecular weight excluding hydrogens is 246 g/mol. The van der Waals surface area contributed by atoms with E-state index < -0.39 is 5.97 Å². The average Bonchev–Trinajstić information content (AvgIpc) is 2.38. The molecule has 0 saturated carbocycles. The summed E-state index contributed by atoms with van der Waals surface area (Å²) in [6.45, 7) is 0.0659. The van der Waals surface area contributed by atoms with Crippen molar-refractivity contribution in [3.8, 4) is 11.5 Å². The molecule has 5 heteroatoms. The predicted molar refractivity (Wildman–Crippen MR) is 70.3 cm³/mol. The molecule has 2 aromatic carbocycles. The van der Waals surface area contributed by atoms with Gasteiger partial charge in [-0.2, -0.15) is 0 Å². The lowest BCUT2D eigenvalue weighted by Gasteiger charge is -2.10. The SMILES string of the molecule is Nc1ccc(COc2ccccc2C(=O)O)c(O)c1. The van der Waals surface area contributed by atoms with Crippen LogP contribution in [0.4, 0.5) is 5.69 Å². The summed E-state index contributed by atoms with van der Waals surface area (Å²) in [7, 11) is 0. The average molecular weight is 259 g/mol. The largest absolute Gasteiger partial charge is 0.507 e. The molecule has 0 aromatic heterocycles. The maximum atomic E-state index is 11.0. The van der Waals surface area contributed by atoms with E-state index in [9.17, 15) is 9.90 Å². The number of hydrogen-bond acceptors (Lipinski definition) is 4. The number of aromatic carboxylic acids is 1. The minimum Gasteiger partial charge on any atom is -0.507 e. The van der Waals surface area contributed by atoms with Gasteiger partial charge in [0.1, 0.15) is 23.7 Å². The Balaban J connectivity index is 2.17. The molecule has 0 radical (unpaired) electrons. The standard InChI is InChI=1S/C14H13NO4/c15-10-6-5-9(12(16)7-10)8-19-13-4-2-1-3-11(13)14(17)18/h1-7,16H,8,15H2,(H,17,18). The molecule has 19 heavy (non-hydrogen) atoms. The number of hydrogen-bond donors (Lipinski definition) is 3. The Morgan fingerprint density at radius 3 is 2.63 bits per heavy atom.